The van der Waals surface area contributed by atoms with Crippen LogP contribution < -0.4 is 5.73 Å². The molecule has 4 saturated carbocycles. The van der Waals surface area contributed by atoms with Crippen LogP contribution in [-0.2, 0) is 5.75 Å². The van der Waals surface area contributed by atoms with Crippen LogP contribution in [0.25, 0.3) is 0 Å². The summed E-state index contributed by atoms with van der Waals surface area (Å²) in [6, 6.07) is 0. The number of thioether (sulfide) groups is 1. The fourth-order valence-corrected chi connectivity index (χ4v) is 6.24. The Bertz CT molecular complexity index is 431. The molecule has 0 spiro atoms. The predicted octanol–water partition coefficient (Wildman–Crippen LogP) is 3.12. The molecule has 1 aromatic rings. The fourth-order valence-electron chi connectivity index (χ4n) is 4.76. The van der Waals surface area contributed by atoms with E-state index in [1.165, 1.54) is 32.1 Å². The Labute approximate surface area is 118 Å². The van der Waals surface area contributed by atoms with Gasteiger partial charge in [0.1, 0.15) is 5.82 Å². The van der Waals surface area contributed by atoms with Gasteiger partial charge in [0.2, 0.25) is 0 Å². The highest BCUT2D eigenvalue weighted by atomic mass is 32.2. The van der Waals surface area contributed by atoms with Crippen molar-refractivity contribution in [1.29, 1.82) is 0 Å². The SMILES string of the molecule is Nc1cnc(CSC2C3CC4CC(C3)CC2C4)nc1. The van der Waals surface area contributed by atoms with Gasteiger partial charge in [-0.05, 0) is 55.8 Å². The van der Waals surface area contributed by atoms with Crippen molar-refractivity contribution in [3.05, 3.63) is 18.2 Å². The van der Waals surface area contributed by atoms with Gasteiger partial charge in [0, 0.05) is 5.25 Å². The van der Waals surface area contributed by atoms with E-state index in [0.29, 0.717) is 5.69 Å². The summed E-state index contributed by atoms with van der Waals surface area (Å²) >= 11 is 2.11. The molecular weight excluding hydrogens is 254 g/mol. The lowest BCUT2D eigenvalue weighted by Crippen LogP contribution is -2.46. The summed E-state index contributed by atoms with van der Waals surface area (Å²) in [6.07, 6.45) is 11.0. The van der Waals surface area contributed by atoms with Crippen LogP contribution in [0, 0.1) is 23.7 Å². The Morgan fingerprint density at radius 1 is 1.00 bits per heavy atom. The number of nitrogens with two attached hydrogens (primary N) is 1. The first-order valence-electron chi connectivity index (χ1n) is 7.46. The zero-order valence-corrected chi connectivity index (χ0v) is 12.0. The average Bonchev–Trinajstić information content (AvgIpc) is 2.39. The molecular formula is C15H21N3S. The molecule has 0 radical (unpaired) electrons. The molecule has 0 saturated heterocycles. The van der Waals surface area contributed by atoms with Gasteiger partial charge >= 0.3 is 0 Å². The van der Waals surface area contributed by atoms with Crippen molar-refractivity contribution in [2.24, 2.45) is 23.7 Å². The first kappa shape index (κ1) is 12.0. The second-order valence-corrected chi connectivity index (χ2v) is 7.81. The lowest BCUT2D eigenvalue weighted by molar-refractivity contribution is 0.0267. The third-order valence-electron chi connectivity index (χ3n) is 5.27. The molecule has 4 aliphatic carbocycles. The molecule has 0 aliphatic heterocycles. The Hall–Kier alpha value is -0.770. The summed E-state index contributed by atoms with van der Waals surface area (Å²) in [5.74, 6) is 5.98. The number of nitrogen functional groups attached to an aromatic ring is 1. The molecule has 5 rings (SSSR count). The smallest absolute Gasteiger partial charge is 0.138 e. The van der Waals surface area contributed by atoms with E-state index in [2.05, 4.69) is 21.7 Å². The van der Waals surface area contributed by atoms with E-state index in [-0.39, 0.29) is 0 Å². The molecule has 0 atom stereocenters. The second-order valence-electron chi connectivity index (χ2n) is 6.64. The van der Waals surface area contributed by atoms with Crippen molar-refractivity contribution in [3.63, 3.8) is 0 Å². The topological polar surface area (TPSA) is 51.8 Å². The van der Waals surface area contributed by atoms with E-state index in [1.54, 1.807) is 12.4 Å². The zero-order chi connectivity index (χ0) is 12.8. The van der Waals surface area contributed by atoms with Crippen LogP contribution in [-0.4, -0.2) is 15.2 Å². The maximum atomic E-state index is 5.63. The molecule has 1 aromatic heterocycles. The highest BCUT2D eigenvalue weighted by molar-refractivity contribution is 7.99. The summed E-state index contributed by atoms with van der Waals surface area (Å²) < 4.78 is 0. The van der Waals surface area contributed by atoms with E-state index in [9.17, 15) is 0 Å². The molecule has 1 heterocycles. The number of nitrogens with zero attached hydrogens (tertiary/aromatic N) is 2. The van der Waals surface area contributed by atoms with Crippen LogP contribution in [0.2, 0.25) is 0 Å². The van der Waals surface area contributed by atoms with Crippen LogP contribution in [0.3, 0.4) is 0 Å². The molecule has 4 heteroatoms. The van der Waals surface area contributed by atoms with E-state index in [0.717, 1.165) is 40.5 Å². The van der Waals surface area contributed by atoms with Gasteiger partial charge in [-0.2, -0.15) is 0 Å². The Balaban J connectivity index is 1.42. The molecule has 19 heavy (non-hydrogen) atoms. The minimum atomic E-state index is 0.656. The highest BCUT2D eigenvalue weighted by Gasteiger charge is 2.48. The van der Waals surface area contributed by atoms with Gasteiger partial charge in [-0.3, -0.25) is 0 Å². The second kappa shape index (κ2) is 4.65. The first-order valence-corrected chi connectivity index (χ1v) is 8.51. The number of rotatable bonds is 3. The van der Waals surface area contributed by atoms with Crippen molar-refractivity contribution in [2.75, 3.05) is 5.73 Å². The van der Waals surface area contributed by atoms with Crippen molar-refractivity contribution in [2.45, 2.75) is 43.1 Å². The molecule has 4 fully saturated rings. The molecule has 4 bridgehead atoms. The first-order chi connectivity index (χ1) is 9.28. The zero-order valence-electron chi connectivity index (χ0n) is 11.2. The maximum absolute atomic E-state index is 5.63. The van der Waals surface area contributed by atoms with Crippen LogP contribution in [0.5, 0.6) is 0 Å². The van der Waals surface area contributed by atoms with Gasteiger partial charge in [-0.15, -0.1) is 11.8 Å². The summed E-state index contributed by atoms with van der Waals surface area (Å²) in [5, 5.41) is 0.869. The van der Waals surface area contributed by atoms with Crippen LogP contribution in [0.15, 0.2) is 12.4 Å². The third-order valence-corrected chi connectivity index (χ3v) is 6.85. The molecule has 3 nitrogen and oxygen atoms in total. The van der Waals surface area contributed by atoms with Crippen LogP contribution >= 0.6 is 11.8 Å². The standard InChI is InChI=1S/C15H21N3S/c16-13-6-17-14(18-7-13)8-19-15-11-2-9-1-10(4-11)5-12(15)3-9/h6-7,9-12,15H,1-5,8,16H2. The van der Waals surface area contributed by atoms with Crippen molar-refractivity contribution in [3.8, 4) is 0 Å². The molecule has 0 aromatic carbocycles. The summed E-state index contributed by atoms with van der Waals surface area (Å²) in [5.41, 5.74) is 6.28. The van der Waals surface area contributed by atoms with Gasteiger partial charge in [-0.25, -0.2) is 9.97 Å². The van der Waals surface area contributed by atoms with Crippen LogP contribution in [0.1, 0.15) is 37.9 Å². The van der Waals surface area contributed by atoms with E-state index in [1.807, 2.05) is 0 Å². The normalized spacial score (nSPS) is 39.7. The van der Waals surface area contributed by atoms with E-state index < -0.39 is 0 Å². The Morgan fingerprint density at radius 3 is 2.16 bits per heavy atom. The van der Waals surface area contributed by atoms with Gasteiger partial charge in [0.15, 0.2) is 0 Å². The lowest BCUT2D eigenvalue weighted by atomic mass is 9.56. The van der Waals surface area contributed by atoms with Gasteiger partial charge in [0.25, 0.3) is 0 Å². The average molecular weight is 275 g/mol. The number of aromatic nitrogens is 2. The highest BCUT2D eigenvalue weighted by Crippen LogP contribution is 2.57. The summed E-state index contributed by atoms with van der Waals surface area (Å²) in [7, 11) is 0. The third kappa shape index (κ3) is 2.24. The summed E-state index contributed by atoms with van der Waals surface area (Å²) in [6.45, 7) is 0. The van der Waals surface area contributed by atoms with Crippen molar-refractivity contribution in [1.82, 2.24) is 9.97 Å². The number of hydrogen-bond acceptors (Lipinski definition) is 4. The molecule has 4 aliphatic rings. The fraction of sp³-hybridized carbons (Fsp3) is 0.733. The van der Waals surface area contributed by atoms with E-state index in [4.69, 9.17) is 5.73 Å². The van der Waals surface area contributed by atoms with Gasteiger partial charge in [-0.1, -0.05) is 0 Å². The summed E-state index contributed by atoms with van der Waals surface area (Å²) in [4.78, 5) is 8.65. The molecule has 2 N–H and O–H groups in total. The van der Waals surface area contributed by atoms with Crippen LogP contribution in [0.4, 0.5) is 5.69 Å². The van der Waals surface area contributed by atoms with Crippen molar-refractivity contribution < 1.29 is 0 Å². The molecule has 0 amide bonds. The van der Waals surface area contributed by atoms with Crippen molar-refractivity contribution >= 4 is 17.4 Å². The van der Waals surface area contributed by atoms with Gasteiger partial charge in [0.05, 0.1) is 23.8 Å². The minimum absolute atomic E-state index is 0.656. The molecule has 102 valence electrons. The predicted molar refractivity (Wildman–Crippen MR) is 78.6 cm³/mol. The molecule has 0 unspecified atom stereocenters. The monoisotopic (exact) mass is 275 g/mol. The number of hydrogen-bond donors (Lipinski definition) is 1. The van der Waals surface area contributed by atoms with E-state index >= 15 is 0 Å². The maximum Gasteiger partial charge on any atom is 0.138 e. The Kier molecular flexibility index (Phi) is 2.94. The number of anilines is 1. The Morgan fingerprint density at radius 2 is 1.58 bits per heavy atom. The quantitative estimate of drug-likeness (QED) is 0.921. The lowest BCUT2D eigenvalue weighted by Gasteiger charge is -2.54. The van der Waals surface area contributed by atoms with Gasteiger partial charge < -0.3 is 5.73 Å². The largest absolute Gasteiger partial charge is 0.396 e. The minimum Gasteiger partial charge on any atom is -0.396 e.